The summed E-state index contributed by atoms with van der Waals surface area (Å²) < 4.78 is 51.4. The summed E-state index contributed by atoms with van der Waals surface area (Å²) in [5, 5.41) is 0. The fraction of sp³-hybridized carbons (Fsp3) is 0.381. The predicted molar refractivity (Wildman–Crippen MR) is 200 cm³/mol. The zero-order valence-electron chi connectivity index (χ0n) is 31.4. The fourth-order valence-electron chi connectivity index (χ4n) is 6.57. The summed E-state index contributed by atoms with van der Waals surface area (Å²) in [6, 6.07) is 17.6. The van der Waals surface area contributed by atoms with Crippen molar-refractivity contribution in [2.24, 2.45) is 0 Å². The van der Waals surface area contributed by atoms with Crippen LogP contribution in [0.5, 0.6) is 0 Å². The Morgan fingerprint density at radius 3 is 1.91 bits per heavy atom. The lowest BCUT2D eigenvalue weighted by molar-refractivity contribution is -0.159. The van der Waals surface area contributed by atoms with E-state index in [1.807, 2.05) is 48.5 Å². The molecular formula is C42H48F3N3O6. The fourth-order valence-corrected chi connectivity index (χ4v) is 6.57. The molecule has 9 nitrogen and oxygen atoms in total. The van der Waals surface area contributed by atoms with Crippen LogP contribution in [0, 0.1) is 0 Å². The standard InChI is InChI=1S/C42H48F3N3O6/c1-8-10-19-35(47(7)40(52)53-27-34-32-17-13-11-15-30(32)31-16-12-14-18-33(31)34)39(51)48(24-9-2)36(25-28-20-22-29(23-21-28)42(43,44)45)38(50)46(6)26-37(49)54-41(3,4)5/h8-9,11-18,20-23,34-36H,1-2,10,19,24-27H2,3-7H3/t35-,36-/m0/s1. The molecule has 3 amide bonds. The Hall–Kier alpha value is -5.39. The van der Waals surface area contributed by atoms with Crippen molar-refractivity contribution < 1.29 is 41.8 Å². The Kier molecular flexibility index (Phi) is 13.5. The van der Waals surface area contributed by atoms with Crippen LogP contribution in [0.3, 0.4) is 0 Å². The molecule has 54 heavy (non-hydrogen) atoms. The highest BCUT2D eigenvalue weighted by Crippen LogP contribution is 2.44. The lowest BCUT2D eigenvalue weighted by atomic mass is 9.98. The van der Waals surface area contributed by atoms with E-state index in [4.69, 9.17) is 9.47 Å². The molecule has 0 N–H and O–H groups in total. The van der Waals surface area contributed by atoms with Crippen LogP contribution in [0.25, 0.3) is 11.1 Å². The van der Waals surface area contributed by atoms with Gasteiger partial charge in [0.25, 0.3) is 0 Å². The van der Waals surface area contributed by atoms with Gasteiger partial charge in [-0.25, -0.2) is 4.79 Å². The maximum absolute atomic E-state index is 14.6. The number of amides is 3. The van der Waals surface area contributed by atoms with Crippen molar-refractivity contribution in [1.29, 1.82) is 0 Å². The third-order valence-corrected chi connectivity index (χ3v) is 9.16. The first-order chi connectivity index (χ1) is 25.5. The molecule has 0 saturated heterocycles. The topological polar surface area (TPSA) is 96.5 Å². The molecule has 1 aliphatic rings. The van der Waals surface area contributed by atoms with E-state index in [1.165, 1.54) is 42.1 Å². The summed E-state index contributed by atoms with van der Waals surface area (Å²) in [4.78, 5) is 58.8. The molecule has 0 bridgehead atoms. The second-order valence-electron chi connectivity index (χ2n) is 14.3. The van der Waals surface area contributed by atoms with E-state index in [9.17, 15) is 32.3 Å². The van der Waals surface area contributed by atoms with Gasteiger partial charge in [0.2, 0.25) is 11.8 Å². The van der Waals surface area contributed by atoms with Gasteiger partial charge in [-0.05, 0) is 73.6 Å². The van der Waals surface area contributed by atoms with Crippen LogP contribution in [-0.4, -0.2) is 90.1 Å². The molecule has 0 aliphatic heterocycles. The highest BCUT2D eigenvalue weighted by molar-refractivity contribution is 5.93. The third kappa shape index (κ3) is 10.2. The minimum Gasteiger partial charge on any atom is -0.459 e. The number of esters is 1. The molecule has 288 valence electrons. The maximum atomic E-state index is 14.6. The molecule has 1 aliphatic carbocycles. The van der Waals surface area contributed by atoms with Crippen molar-refractivity contribution >= 4 is 23.9 Å². The highest BCUT2D eigenvalue weighted by Gasteiger charge is 2.39. The average molecular weight is 748 g/mol. The molecule has 12 heteroatoms. The number of fused-ring (bicyclic) bond motifs is 3. The number of halogens is 3. The molecule has 0 heterocycles. The molecule has 3 aromatic carbocycles. The molecule has 3 aromatic rings. The van der Waals surface area contributed by atoms with Crippen LogP contribution >= 0.6 is 0 Å². The van der Waals surface area contributed by atoms with Crippen molar-refractivity contribution in [1.82, 2.24) is 14.7 Å². The normalized spacial score (nSPS) is 13.5. The van der Waals surface area contributed by atoms with Crippen LogP contribution < -0.4 is 0 Å². The molecule has 2 atom stereocenters. The van der Waals surface area contributed by atoms with E-state index < -0.39 is 59.8 Å². The molecule has 0 spiro atoms. The van der Waals surface area contributed by atoms with E-state index in [2.05, 4.69) is 13.2 Å². The highest BCUT2D eigenvalue weighted by atomic mass is 19.4. The van der Waals surface area contributed by atoms with Crippen molar-refractivity contribution in [3.05, 3.63) is 120 Å². The third-order valence-electron chi connectivity index (χ3n) is 9.16. The Morgan fingerprint density at radius 2 is 1.39 bits per heavy atom. The zero-order chi connectivity index (χ0) is 39.8. The van der Waals surface area contributed by atoms with E-state index in [0.717, 1.165) is 39.3 Å². The molecule has 0 radical (unpaired) electrons. The number of likely N-dealkylation sites (N-methyl/N-ethyl adjacent to an activating group) is 2. The minimum absolute atomic E-state index is 0.0143. The first kappa shape index (κ1) is 41.4. The van der Waals surface area contributed by atoms with Crippen LogP contribution in [0.2, 0.25) is 0 Å². The number of benzene rings is 3. The molecule has 0 unspecified atom stereocenters. The Labute approximate surface area is 315 Å². The van der Waals surface area contributed by atoms with Gasteiger partial charge >= 0.3 is 18.2 Å². The molecule has 0 saturated carbocycles. The first-order valence-corrected chi connectivity index (χ1v) is 17.7. The van der Waals surface area contributed by atoms with Crippen molar-refractivity contribution in [3.8, 4) is 11.1 Å². The van der Waals surface area contributed by atoms with Gasteiger partial charge in [0.15, 0.2) is 0 Å². The van der Waals surface area contributed by atoms with Crippen LogP contribution in [0.4, 0.5) is 18.0 Å². The Morgan fingerprint density at radius 1 is 0.815 bits per heavy atom. The van der Waals surface area contributed by atoms with Gasteiger partial charge in [0, 0.05) is 33.0 Å². The van der Waals surface area contributed by atoms with Crippen LogP contribution in [0.15, 0.2) is 98.1 Å². The van der Waals surface area contributed by atoms with Crippen molar-refractivity contribution in [2.75, 3.05) is 33.8 Å². The van der Waals surface area contributed by atoms with E-state index >= 15 is 0 Å². The summed E-state index contributed by atoms with van der Waals surface area (Å²) >= 11 is 0. The van der Waals surface area contributed by atoms with Crippen LogP contribution in [0.1, 0.15) is 61.8 Å². The van der Waals surface area contributed by atoms with Gasteiger partial charge in [0.1, 0.15) is 30.8 Å². The number of carbonyl (C=O) groups excluding carboxylic acids is 4. The lowest BCUT2D eigenvalue weighted by Gasteiger charge is -2.37. The second kappa shape index (κ2) is 17.6. The van der Waals surface area contributed by atoms with Crippen LogP contribution in [-0.2, 0) is 36.5 Å². The van der Waals surface area contributed by atoms with E-state index in [1.54, 1.807) is 26.8 Å². The van der Waals surface area contributed by atoms with E-state index in [0.29, 0.717) is 12.0 Å². The summed E-state index contributed by atoms with van der Waals surface area (Å²) in [6.45, 7) is 12.0. The van der Waals surface area contributed by atoms with Gasteiger partial charge in [-0.2, -0.15) is 13.2 Å². The number of hydrogen-bond donors (Lipinski definition) is 0. The summed E-state index contributed by atoms with van der Waals surface area (Å²) in [5.74, 6) is -2.20. The molecule has 4 rings (SSSR count). The van der Waals surface area contributed by atoms with E-state index in [-0.39, 0.29) is 31.9 Å². The zero-order valence-corrected chi connectivity index (χ0v) is 31.4. The average Bonchev–Trinajstić information content (AvgIpc) is 3.44. The molecule has 0 aromatic heterocycles. The SMILES string of the molecule is C=CCC[C@@H](C(=O)N(CC=C)[C@@H](Cc1ccc(C(F)(F)F)cc1)C(=O)N(C)CC(=O)OC(C)(C)C)N(C)C(=O)OCC1c2ccccc2-c2ccccc21. The molecular weight excluding hydrogens is 699 g/mol. The number of carbonyl (C=O) groups is 4. The Balaban J connectivity index is 1.63. The monoisotopic (exact) mass is 747 g/mol. The van der Waals surface area contributed by atoms with Gasteiger partial charge in [-0.1, -0.05) is 72.8 Å². The predicted octanol–water partition coefficient (Wildman–Crippen LogP) is 7.65. The summed E-state index contributed by atoms with van der Waals surface area (Å²) in [7, 11) is 2.82. The number of rotatable bonds is 15. The van der Waals surface area contributed by atoms with Crippen molar-refractivity contribution in [3.63, 3.8) is 0 Å². The Bertz CT molecular complexity index is 1790. The number of nitrogens with zero attached hydrogens (tertiary/aromatic N) is 3. The largest absolute Gasteiger partial charge is 0.459 e. The van der Waals surface area contributed by atoms with Crippen molar-refractivity contribution in [2.45, 2.75) is 69.8 Å². The van der Waals surface area contributed by atoms with Gasteiger partial charge in [0.05, 0.1) is 5.56 Å². The smallest absolute Gasteiger partial charge is 0.416 e. The first-order valence-electron chi connectivity index (χ1n) is 17.7. The van der Waals surface area contributed by atoms with Gasteiger partial charge in [-0.15, -0.1) is 13.2 Å². The quantitative estimate of drug-likeness (QED) is 0.117. The lowest BCUT2D eigenvalue weighted by Crippen LogP contribution is -2.57. The number of ether oxygens (including phenoxy) is 2. The van der Waals surface area contributed by atoms with Gasteiger partial charge < -0.3 is 19.3 Å². The number of hydrogen-bond acceptors (Lipinski definition) is 6. The molecule has 0 fully saturated rings. The number of allylic oxidation sites excluding steroid dienone is 1. The minimum atomic E-state index is -4.58. The number of alkyl halides is 3. The summed E-state index contributed by atoms with van der Waals surface area (Å²) in [6.07, 6.45) is -2.06. The second-order valence-corrected chi connectivity index (χ2v) is 14.3. The summed E-state index contributed by atoms with van der Waals surface area (Å²) in [5.41, 5.74) is 2.79. The van der Waals surface area contributed by atoms with Gasteiger partial charge in [-0.3, -0.25) is 19.3 Å². The maximum Gasteiger partial charge on any atom is 0.416 e.